The van der Waals surface area contributed by atoms with Crippen LogP contribution in [0.3, 0.4) is 0 Å². The van der Waals surface area contributed by atoms with Crippen LogP contribution in [0.4, 0.5) is 0 Å². The van der Waals surface area contributed by atoms with Gasteiger partial charge in [-0.15, -0.1) is 0 Å². The molecule has 0 aromatic heterocycles. The Hall–Kier alpha value is -1.11. The number of carbonyl (C=O) groups is 3. The van der Waals surface area contributed by atoms with Gasteiger partial charge in [0.25, 0.3) is 0 Å². The predicted octanol–water partition coefficient (Wildman–Crippen LogP) is -1.04. The number of carbonyl (C=O) groups excluding carboxylic acids is 3. The number of rotatable bonds is 8. The fraction of sp³-hybridized carbons (Fsp3) is 0.625. The Bertz CT molecular complexity index is 192. The first-order chi connectivity index (χ1) is 6.73. The van der Waals surface area contributed by atoms with Crippen molar-refractivity contribution in [3.63, 3.8) is 0 Å². The third kappa shape index (κ3) is 3.73. The highest BCUT2D eigenvalue weighted by Gasteiger charge is 2.24. The number of hydrogen-bond donors (Lipinski definition) is 0. The molecule has 0 aliphatic rings. The predicted molar refractivity (Wildman–Crippen MR) is 44.7 cm³/mol. The first kappa shape index (κ1) is 12.9. The molecule has 0 bridgehead atoms. The molecule has 0 fully saturated rings. The summed E-state index contributed by atoms with van der Waals surface area (Å²) >= 11 is 0. The molecule has 0 heterocycles. The number of aldehydes is 3. The van der Waals surface area contributed by atoms with Crippen LogP contribution in [0.25, 0.3) is 0 Å². The third-order valence-corrected chi connectivity index (χ3v) is 1.50. The lowest BCUT2D eigenvalue weighted by atomic mass is 10.2. The minimum Gasteiger partial charge on any atom is -0.371 e. The Kier molecular flexibility index (Phi) is 6.73. The lowest BCUT2D eigenvalue weighted by Crippen LogP contribution is -2.37. The van der Waals surface area contributed by atoms with Gasteiger partial charge in [0.2, 0.25) is 6.29 Å². The molecule has 0 aliphatic heterocycles. The molecule has 3 unspecified atom stereocenters. The molecule has 0 amide bonds. The average Bonchev–Trinajstić information content (AvgIpc) is 2.24. The van der Waals surface area contributed by atoms with Gasteiger partial charge >= 0.3 is 0 Å². The molecule has 0 rings (SSSR count). The lowest BCUT2D eigenvalue weighted by Gasteiger charge is -2.19. The van der Waals surface area contributed by atoms with Gasteiger partial charge in [-0.3, -0.25) is 4.79 Å². The summed E-state index contributed by atoms with van der Waals surface area (Å²) < 4.78 is 14.0. The maximum absolute atomic E-state index is 10.5. The summed E-state index contributed by atoms with van der Waals surface area (Å²) in [5, 5.41) is 0. The third-order valence-electron chi connectivity index (χ3n) is 1.50. The minimum atomic E-state index is -1.18. The van der Waals surface area contributed by atoms with E-state index in [1.807, 2.05) is 0 Å². The molecule has 3 atom stereocenters. The van der Waals surface area contributed by atoms with Gasteiger partial charge in [-0.05, 0) is 0 Å². The van der Waals surface area contributed by atoms with Gasteiger partial charge in [-0.1, -0.05) is 0 Å². The molecule has 0 N–H and O–H groups in total. The van der Waals surface area contributed by atoms with Gasteiger partial charge in [0.05, 0.1) is 0 Å². The van der Waals surface area contributed by atoms with E-state index in [4.69, 9.17) is 4.74 Å². The van der Waals surface area contributed by atoms with Crippen molar-refractivity contribution in [2.75, 3.05) is 14.2 Å². The fourth-order valence-corrected chi connectivity index (χ4v) is 0.752. The van der Waals surface area contributed by atoms with Crippen LogP contribution in [-0.2, 0) is 28.6 Å². The largest absolute Gasteiger partial charge is 0.371 e. The zero-order valence-corrected chi connectivity index (χ0v) is 7.91. The van der Waals surface area contributed by atoms with Gasteiger partial charge in [0, 0.05) is 14.2 Å². The fourth-order valence-electron chi connectivity index (χ4n) is 0.752. The summed E-state index contributed by atoms with van der Waals surface area (Å²) in [4.78, 5) is 31.2. The van der Waals surface area contributed by atoms with Crippen molar-refractivity contribution < 1.29 is 28.6 Å². The summed E-state index contributed by atoms with van der Waals surface area (Å²) in [6.45, 7) is 0. The van der Waals surface area contributed by atoms with Crippen LogP contribution in [0.1, 0.15) is 0 Å². The van der Waals surface area contributed by atoms with Gasteiger partial charge in [0.1, 0.15) is 12.2 Å². The number of ether oxygens (including phenoxy) is 3. The summed E-state index contributed by atoms with van der Waals surface area (Å²) in [6, 6.07) is 0. The smallest absolute Gasteiger partial charge is 0.215 e. The van der Waals surface area contributed by atoms with Gasteiger partial charge < -0.3 is 23.8 Å². The molecule has 6 heteroatoms. The molecule has 6 nitrogen and oxygen atoms in total. The summed E-state index contributed by atoms with van der Waals surface area (Å²) in [7, 11) is 2.49. The number of methoxy groups -OCH3 is 2. The quantitative estimate of drug-likeness (QED) is 0.371. The molecular weight excluding hydrogens is 192 g/mol. The van der Waals surface area contributed by atoms with Gasteiger partial charge in [-0.25, -0.2) is 0 Å². The Morgan fingerprint density at radius 2 is 1.43 bits per heavy atom. The van der Waals surface area contributed by atoms with Gasteiger partial charge in [-0.2, -0.15) is 0 Å². The van der Waals surface area contributed by atoms with E-state index in [2.05, 4.69) is 9.47 Å². The summed E-state index contributed by atoms with van der Waals surface area (Å²) in [5.41, 5.74) is 0. The van der Waals surface area contributed by atoms with Crippen LogP contribution in [0, 0.1) is 0 Å². The van der Waals surface area contributed by atoms with Crippen LogP contribution in [0.2, 0.25) is 0 Å². The molecule has 0 aliphatic carbocycles. The van der Waals surface area contributed by atoms with Crippen molar-refractivity contribution in [3.8, 4) is 0 Å². The van der Waals surface area contributed by atoms with E-state index in [1.165, 1.54) is 14.2 Å². The monoisotopic (exact) mass is 204 g/mol. The molecule has 0 aromatic carbocycles. The second-order valence-corrected chi connectivity index (χ2v) is 2.31. The van der Waals surface area contributed by atoms with Crippen molar-refractivity contribution >= 4 is 18.9 Å². The lowest BCUT2D eigenvalue weighted by molar-refractivity contribution is -0.180. The summed E-state index contributed by atoms with van der Waals surface area (Å²) in [6.07, 6.45) is -2.21. The number of hydrogen-bond acceptors (Lipinski definition) is 6. The van der Waals surface area contributed by atoms with E-state index in [-0.39, 0.29) is 0 Å². The van der Waals surface area contributed by atoms with Gasteiger partial charge in [0.15, 0.2) is 18.9 Å². The van der Waals surface area contributed by atoms with Crippen LogP contribution >= 0.6 is 0 Å². The Morgan fingerprint density at radius 3 is 1.71 bits per heavy atom. The second-order valence-electron chi connectivity index (χ2n) is 2.31. The SMILES string of the molecule is COC(C=O)OC(C=O)C(C=O)OC. The standard InChI is InChI=1S/C8H12O6/c1-12-6(3-9)7(4-10)14-8(5-11)13-2/h3-8H,1-2H3. The highest BCUT2D eigenvalue weighted by atomic mass is 16.7. The average molecular weight is 204 g/mol. The van der Waals surface area contributed by atoms with Crippen molar-refractivity contribution in [2.24, 2.45) is 0 Å². The van der Waals surface area contributed by atoms with E-state index in [1.54, 1.807) is 0 Å². The molecular formula is C8H12O6. The van der Waals surface area contributed by atoms with Crippen LogP contribution in [0.15, 0.2) is 0 Å². The zero-order valence-electron chi connectivity index (χ0n) is 7.91. The molecule has 80 valence electrons. The van der Waals surface area contributed by atoms with Crippen LogP contribution in [0.5, 0.6) is 0 Å². The first-order valence-electron chi connectivity index (χ1n) is 3.80. The molecule has 0 radical (unpaired) electrons. The second kappa shape index (κ2) is 7.31. The van der Waals surface area contributed by atoms with E-state index in [0.717, 1.165) is 0 Å². The molecule has 14 heavy (non-hydrogen) atoms. The van der Waals surface area contributed by atoms with E-state index >= 15 is 0 Å². The van der Waals surface area contributed by atoms with Crippen molar-refractivity contribution in [3.05, 3.63) is 0 Å². The van der Waals surface area contributed by atoms with E-state index < -0.39 is 18.5 Å². The maximum atomic E-state index is 10.5. The van der Waals surface area contributed by atoms with E-state index in [0.29, 0.717) is 18.9 Å². The van der Waals surface area contributed by atoms with Crippen LogP contribution < -0.4 is 0 Å². The Balaban J connectivity index is 4.31. The summed E-state index contributed by atoms with van der Waals surface area (Å²) in [5.74, 6) is 0. The van der Waals surface area contributed by atoms with Crippen LogP contribution in [-0.4, -0.2) is 51.6 Å². The molecule has 0 saturated heterocycles. The highest BCUT2D eigenvalue weighted by molar-refractivity contribution is 5.69. The molecule has 0 aromatic rings. The normalized spacial score (nSPS) is 16.7. The van der Waals surface area contributed by atoms with Crippen molar-refractivity contribution in [1.82, 2.24) is 0 Å². The Labute approximate surface area is 81.1 Å². The van der Waals surface area contributed by atoms with Crippen molar-refractivity contribution in [2.45, 2.75) is 18.5 Å². The molecule has 0 spiro atoms. The topological polar surface area (TPSA) is 78.9 Å². The first-order valence-corrected chi connectivity index (χ1v) is 3.80. The zero-order chi connectivity index (χ0) is 11.0. The minimum absolute atomic E-state index is 0.369. The maximum Gasteiger partial charge on any atom is 0.215 e. The highest BCUT2D eigenvalue weighted by Crippen LogP contribution is 2.02. The Morgan fingerprint density at radius 1 is 0.857 bits per heavy atom. The molecule has 0 saturated carbocycles. The van der Waals surface area contributed by atoms with E-state index in [9.17, 15) is 14.4 Å². The van der Waals surface area contributed by atoms with Crippen molar-refractivity contribution in [1.29, 1.82) is 0 Å².